The summed E-state index contributed by atoms with van der Waals surface area (Å²) in [6.07, 6.45) is 2.55. The lowest BCUT2D eigenvalue weighted by Gasteiger charge is -2.40. The van der Waals surface area contributed by atoms with Gasteiger partial charge in [0.05, 0.1) is 0 Å². The summed E-state index contributed by atoms with van der Waals surface area (Å²) < 4.78 is 0. The van der Waals surface area contributed by atoms with Gasteiger partial charge in [-0.05, 0) is 43.8 Å². The zero-order chi connectivity index (χ0) is 14.4. The minimum absolute atomic E-state index is 0.372. The number of nitrogens with zero attached hydrogens (tertiary/aromatic N) is 1. The largest absolute Gasteiger partial charge is 0.312 e. The van der Waals surface area contributed by atoms with E-state index in [9.17, 15) is 0 Å². The lowest BCUT2D eigenvalue weighted by Crippen LogP contribution is -2.48. The van der Waals surface area contributed by atoms with Crippen molar-refractivity contribution in [2.45, 2.75) is 67.3 Å². The summed E-state index contributed by atoms with van der Waals surface area (Å²) in [6, 6.07) is 0.624. The van der Waals surface area contributed by atoms with Gasteiger partial charge in [-0.15, -0.1) is 0 Å². The van der Waals surface area contributed by atoms with Crippen LogP contribution < -0.4 is 5.32 Å². The second-order valence-corrected chi connectivity index (χ2v) is 7.35. The monoisotopic (exact) mass is 256 g/mol. The number of hydrogen-bond donors (Lipinski definition) is 1. The van der Waals surface area contributed by atoms with Crippen LogP contribution in [0.4, 0.5) is 0 Å². The molecular formula is C16H36N2. The fraction of sp³-hybridized carbons (Fsp3) is 1.00. The Morgan fingerprint density at radius 2 is 1.67 bits per heavy atom. The Bertz CT molecular complexity index is 216. The van der Waals surface area contributed by atoms with Crippen LogP contribution in [-0.4, -0.2) is 37.6 Å². The summed E-state index contributed by atoms with van der Waals surface area (Å²) in [4.78, 5) is 2.47. The summed E-state index contributed by atoms with van der Waals surface area (Å²) in [5.74, 6) is 0. The van der Waals surface area contributed by atoms with E-state index in [-0.39, 0.29) is 0 Å². The van der Waals surface area contributed by atoms with Crippen molar-refractivity contribution >= 4 is 0 Å². The topological polar surface area (TPSA) is 15.3 Å². The number of likely N-dealkylation sites (N-methyl/N-ethyl adjacent to an activating group) is 1. The first-order valence-corrected chi connectivity index (χ1v) is 7.63. The molecule has 1 N–H and O–H groups in total. The van der Waals surface area contributed by atoms with Crippen LogP contribution in [0.1, 0.15) is 61.3 Å². The van der Waals surface area contributed by atoms with Crippen molar-refractivity contribution in [2.24, 2.45) is 10.8 Å². The molecule has 0 radical (unpaired) electrons. The Labute approximate surface area is 116 Å². The van der Waals surface area contributed by atoms with E-state index >= 15 is 0 Å². The normalized spacial score (nSPS) is 23.0. The van der Waals surface area contributed by atoms with E-state index in [4.69, 9.17) is 0 Å². The predicted octanol–water partition coefficient (Wildman–Crippen LogP) is 3.77. The van der Waals surface area contributed by atoms with Crippen LogP contribution in [0.3, 0.4) is 0 Å². The average Bonchev–Trinajstić information content (AvgIpc) is 2.43. The molecule has 0 aliphatic carbocycles. The molecule has 1 heterocycles. The maximum atomic E-state index is 3.73. The molecule has 1 atom stereocenters. The Morgan fingerprint density at radius 1 is 1.11 bits per heavy atom. The third kappa shape index (κ3) is 6.75. The van der Waals surface area contributed by atoms with E-state index in [1.807, 2.05) is 13.8 Å². The van der Waals surface area contributed by atoms with E-state index in [2.05, 4.69) is 51.9 Å². The van der Waals surface area contributed by atoms with Crippen LogP contribution in [0.25, 0.3) is 0 Å². The molecule has 2 heteroatoms. The van der Waals surface area contributed by atoms with Gasteiger partial charge in [-0.25, -0.2) is 0 Å². The van der Waals surface area contributed by atoms with Crippen LogP contribution in [0.5, 0.6) is 0 Å². The van der Waals surface area contributed by atoms with Crippen molar-refractivity contribution < 1.29 is 0 Å². The summed E-state index contributed by atoms with van der Waals surface area (Å²) >= 11 is 0. The van der Waals surface area contributed by atoms with E-state index in [1.54, 1.807) is 0 Å². The van der Waals surface area contributed by atoms with E-state index < -0.39 is 0 Å². The number of hydrogen-bond acceptors (Lipinski definition) is 2. The second kappa shape index (κ2) is 7.49. The zero-order valence-corrected chi connectivity index (χ0v) is 14.1. The Morgan fingerprint density at radius 3 is 2.17 bits per heavy atom. The van der Waals surface area contributed by atoms with E-state index in [0.29, 0.717) is 16.9 Å². The molecule has 0 aromatic rings. The molecule has 1 saturated heterocycles. The lowest BCUT2D eigenvalue weighted by molar-refractivity contribution is 0.136. The highest BCUT2D eigenvalue weighted by Crippen LogP contribution is 2.36. The van der Waals surface area contributed by atoms with Crippen molar-refractivity contribution in [3.8, 4) is 0 Å². The van der Waals surface area contributed by atoms with Gasteiger partial charge in [0.1, 0.15) is 0 Å². The summed E-state index contributed by atoms with van der Waals surface area (Å²) in [6.45, 7) is 19.4. The second-order valence-electron chi connectivity index (χ2n) is 7.35. The number of nitrogens with one attached hydrogen (secondary N) is 1. The van der Waals surface area contributed by atoms with Gasteiger partial charge in [-0.3, -0.25) is 0 Å². The van der Waals surface area contributed by atoms with Gasteiger partial charge in [0, 0.05) is 12.6 Å². The van der Waals surface area contributed by atoms with Gasteiger partial charge in [-0.2, -0.15) is 0 Å². The van der Waals surface area contributed by atoms with Gasteiger partial charge < -0.3 is 10.2 Å². The average molecular weight is 256 g/mol. The summed E-state index contributed by atoms with van der Waals surface area (Å²) in [5.41, 5.74) is 0.785. The quantitative estimate of drug-likeness (QED) is 0.809. The molecule has 1 aliphatic rings. The molecular weight excluding hydrogens is 220 g/mol. The van der Waals surface area contributed by atoms with Crippen molar-refractivity contribution in [2.75, 3.05) is 26.7 Å². The van der Waals surface area contributed by atoms with Crippen molar-refractivity contribution in [3.05, 3.63) is 0 Å². The number of rotatable bonds is 2. The molecule has 1 fully saturated rings. The van der Waals surface area contributed by atoms with Crippen LogP contribution in [0, 0.1) is 10.8 Å². The van der Waals surface area contributed by atoms with E-state index in [0.717, 1.165) is 0 Å². The van der Waals surface area contributed by atoms with Gasteiger partial charge in [0.15, 0.2) is 0 Å². The standard InChI is InChI=1S/C14H30N2.C2H6/c1-13(2,3)11-14(4,5)12-10-16(6)9-7-8-15-12;1-2/h12,15H,7-11H2,1-6H3;1-2H3. The molecule has 0 spiro atoms. The fourth-order valence-electron chi connectivity index (χ4n) is 3.11. The maximum absolute atomic E-state index is 3.73. The predicted molar refractivity (Wildman–Crippen MR) is 83.1 cm³/mol. The summed E-state index contributed by atoms with van der Waals surface area (Å²) in [5, 5.41) is 3.73. The molecule has 110 valence electrons. The van der Waals surface area contributed by atoms with Gasteiger partial charge >= 0.3 is 0 Å². The molecule has 0 aromatic heterocycles. The smallest absolute Gasteiger partial charge is 0.0246 e. The molecule has 1 rings (SSSR count). The molecule has 0 bridgehead atoms. The van der Waals surface area contributed by atoms with Crippen molar-refractivity contribution in [1.82, 2.24) is 10.2 Å². The Balaban J connectivity index is 0.00000137. The minimum atomic E-state index is 0.372. The molecule has 2 nitrogen and oxygen atoms in total. The first-order valence-electron chi connectivity index (χ1n) is 7.63. The lowest BCUT2D eigenvalue weighted by atomic mass is 9.72. The highest BCUT2D eigenvalue weighted by molar-refractivity contribution is 4.90. The maximum Gasteiger partial charge on any atom is 0.0246 e. The molecule has 18 heavy (non-hydrogen) atoms. The van der Waals surface area contributed by atoms with Gasteiger partial charge in [0.25, 0.3) is 0 Å². The SMILES string of the molecule is CC.CN1CCCNC(C(C)(C)CC(C)(C)C)C1. The zero-order valence-electron chi connectivity index (χ0n) is 14.1. The van der Waals surface area contributed by atoms with Gasteiger partial charge in [-0.1, -0.05) is 48.5 Å². The van der Waals surface area contributed by atoms with Crippen LogP contribution >= 0.6 is 0 Å². The van der Waals surface area contributed by atoms with Crippen LogP contribution in [-0.2, 0) is 0 Å². The third-order valence-electron chi connectivity index (χ3n) is 3.53. The first-order chi connectivity index (χ1) is 8.21. The van der Waals surface area contributed by atoms with E-state index in [1.165, 1.54) is 32.5 Å². The molecule has 1 aliphatic heterocycles. The minimum Gasteiger partial charge on any atom is -0.312 e. The fourth-order valence-corrected chi connectivity index (χ4v) is 3.11. The molecule has 1 unspecified atom stereocenters. The van der Waals surface area contributed by atoms with Crippen LogP contribution in [0.2, 0.25) is 0 Å². The highest BCUT2D eigenvalue weighted by Gasteiger charge is 2.34. The molecule has 0 amide bonds. The van der Waals surface area contributed by atoms with Crippen molar-refractivity contribution in [3.63, 3.8) is 0 Å². The van der Waals surface area contributed by atoms with Crippen molar-refractivity contribution in [1.29, 1.82) is 0 Å². The highest BCUT2D eigenvalue weighted by atomic mass is 15.1. The molecule has 0 aromatic carbocycles. The Hall–Kier alpha value is -0.0800. The Kier molecular flexibility index (Phi) is 7.46. The van der Waals surface area contributed by atoms with Gasteiger partial charge in [0.2, 0.25) is 0 Å². The first kappa shape index (κ1) is 17.9. The molecule has 0 saturated carbocycles. The third-order valence-corrected chi connectivity index (χ3v) is 3.53. The van der Waals surface area contributed by atoms with Crippen LogP contribution in [0.15, 0.2) is 0 Å². The summed E-state index contributed by atoms with van der Waals surface area (Å²) in [7, 11) is 2.24.